The van der Waals surface area contributed by atoms with Gasteiger partial charge in [-0.25, -0.2) is 4.39 Å². The zero-order valence-electron chi connectivity index (χ0n) is 22.7. The Kier molecular flexibility index (Phi) is 7.70. The monoisotopic (exact) mass is 603 g/mol. The number of aliphatic hydroxyl groups excluding tert-OH is 1. The molecular formula is C31H26FN3O5S2. The Morgan fingerprint density at radius 1 is 1.14 bits per heavy atom. The number of fused-ring (bicyclic) bond motifs is 1. The van der Waals surface area contributed by atoms with Gasteiger partial charge in [-0.1, -0.05) is 53.4 Å². The molecule has 0 radical (unpaired) electrons. The molecule has 1 fully saturated rings. The highest BCUT2D eigenvalue weighted by Gasteiger charge is 2.48. The Hall–Kier alpha value is -4.22. The number of rotatable bonds is 8. The van der Waals surface area contributed by atoms with Crippen molar-refractivity contribution in [3.05, 3.63) is 100 Å². The summed E-state index contributed by atoms with van der Waals surface area (Å²) in [5.41, 5.74) is 2.39. The number of ketones is 1. The summed E-state index contributed by atoms with van der Waals surface area (Å²) in [5, 5.41) is 20.1. The number of hydrogen-bond acceptors (Lipinski definition) is 9. The van der Waals surface area contributed by atoms with Gasteiger partial charge in [0.2, 0.25) is 5.13 Å². The van der Waals surface area contributed by atoms with E-state index in [0.29, 0.717) is 45.6 Å². The summed E-state index contributed by atoms with van der Waals surface area (Å²) in [4.78, 5) is 28.4. The van der Waals surface area contributed by atoms with Gasteiger partial charge in [0, 0.05) is 17.7 Å². The Labute approximate surface area is 249 Å². The molecule has 42 heavy (non-hydrogen) atoms. The van der Waals surface area contributed by atoms with E-state index in [-0.39, 0.29) is 28.4 Å². The molecule has 0 bridgehead atoms. The first kappa shape index (κ1) is 27.9. The lowest BCUT2D eigenvalue weighted by Gasteiger charge is -2.22. The van der Waals surface area contributed by atoms with Gasteiger partial charge in [-0.2, -0.15) is 0 Å². The van der Waals surface area contributed by atoms with Gasteiger partial charge in [-0.05, 0) is 66.9 Å². The quantitative estimate of drug-likeness (QED) is 0.0821. The van der Waals surface area contributed by atoms with Gasteiger partial charge >= 0.3 is 5.91 Å². The van der Waals surface area contributed by atoms with Crippen LogP contribution in [0.15, 0.2) is 76.6 Å². The fraction of sp³-hybridized carbons (Fsp3) is 0.226. The number of aromatic nitrogens is 2. The number of ether oxygens (including phenoxy) is 2. The molecule has 2 aliphatic rings. The molecule has 1 amide bonds. The fourth-order valence-electron chi connectivity index (χ4n) is 5.10. The summed E-state index contributed by atoms with van der Waals surface area (Å²) in [7, 11) is 0. The normalized spacial score (nSPS) is 19.2. The van der Waals surface area contributed by atoms with Crippen LogP contribution in [0.25, 0.3) is 5.76 Å². The Morgan fingerprint density at radius 2 is 1.93 bits per heavy atom. The van der Waals surface area contributed by atoms with Crippen molar-refractivity contribution in [2.24, 2.45) is 0 Å². The number of anilines is 1. The van der Waals surface area contributed by atoms with Gasteiger partial charge in [0.1, 0.15) is 29.2 Å². The van der Waals surface area contributed by atoms with Crippen molar-refractivity contribution in [3.8, 4) is 11.5 Å². The standard InChI is InChI=1S/C31H26FN3O5S2/c1-3-39-22-11-8-18(9-12-22)26-25(27(36)19-10-13-24-21(15-19)14-17(2)40-24)28(37)29(38)35(26)30-33-34-31(42-30)41-16-20-6-4-5-7-23(20)32/h4-13,15,17,26,36H,3,14,16H2,1-2H3/b27-25+. The Morgan fingerprint density at radius 3 is 2.69 bits per heavy atom. The van der Waals surface area contributed by atoms with Crippen LogP contribution in [0.2, 0.25) is 0 Å². The molecule has 3 aromatic carbocycles. The smallest absolute Gasteiger partial charge is 0.301 e. The van der Waals surface area contributed by atoms with Gasteiger partial charge < -0.3 is 14.6 Å². The molecule has 2 atom stereocenters. The summed E-state index contributed by atoms with van der Waals surface area (Å²) < 4.78 is 26.0. The molecule has 0 saturated carbocycles. The van der Waals surface area contributed by atoms with E-state index in [2.05, 4.69) is 10.2 Å². The van der Waals surface area contributed by atoms with Crippen molar-refractivity contribution in [2.45, 2.75) is 42.5 Å². The molecule has 3 heterocycles. The van der Waals surface area contributed by atoms with Gasteiger partial charge in [-0.15, -0.1) is 10.2 Å². The summed E-state index contributed by atoms with van der Waals surface area (Å²) in [6.07, 6.45) is 0.681. The number of benzene rings is 3. The molecule has 1 N–H and O–H groups in total. The van der Waals surface area contributed by atoms with Crippen LogP contribution < -0.4 is 14.4 Å². The maximum absolute atomic E-state index is 14.1. The number of aliphatic hydroxyl groups is 1. The molecular weight excluding hydrogens is 577 g/mol. The van der Waals surface area contributed by atoms with Gasteiger partial charge in [0.15, 0.2) is 4.34 Å². The second-order valence-corrected chi connectivity index (χ2v) is 12.0. The van der Waals surface area contributed by atoms with Gasteiger partial charge in [0.25, 0.3) is 5.78 Å². The molecule has 2 aliphatic heterocycles. The molecule has 2 unspecified atom stereocenters. The number of nitrogens with zero attached hydrogens (tertiary/aromatic N) is 3. The SMILES string of the molecule is CCOc1ccc(C2/C(=C(\O)c3ccc4c(c3)CC(C)O4)C(=O)C(=O)N2c2nnc(SCc3ccccc3F)s2)cc1. The highest BCUT2D eigenvalue weighted by molar-refractivity contribution is 8.00. The molecule has 6 rings (SSSR count). The van der Waals surface area contributed by atoms with Crippen LogP contribution in [-0.4, -0.2) is 39.7 Å². The van der Waals surface area contributed by atoms with E-state index in [4.69, 9.17) is 9.47 Å². The lowest BCUT2D eigenvalue weighted by Crippen LogP contribution is -2.29. The first-order chi connectivity index (χ1) is 20.3. The number of Topliss-reactive ketones (excluding diaryl/α,β-unsaturated/α-hetero) is 1. The molecule has 8 nitrogen and oxygen atoms in total. The average Bonchev–Trinajstić information content (AvgIpc) is 3.67. The predicted molar refractivity (Wildman–Crippen MR) is 158 cm³/mol. The van der Waals surface area contributed by atoms with E-state index < -0.39 is 17.7 Å². The van der Waals surface area contributed by atoms with Crippen LogP contribution >= 0.6 is 23.1 Å². The Balaban J connectivity index is 1.39. The molecule has 4 aromatic rings. The first-order valence-corrected chi connectivity index (χ1v) is 15.2. The van der Waals surface area contributed by atoms with Crippen LogP contribution in [0.5, 0.6) is 11.5 Å². The van der Waals surface area contributed by atoms with Crippen LogP contribution in [0.3, 0.4) is 0 Å². The summed E-state index contributed by atoms with van der Waals surface area (Å²) in [6, 6.07) is 17.8. The largest absolute Gasteiger partial charge is 0.507 e. The van der Waals surface area contributed by atoms with Crippen molar-refractivity contribution >= 4 is 45.7 Å². The van der Waals surface area contributed by atoms with E-state index in [1.54, 1.807) is 60.7 Å². The molecule has 11 heteroatoms. The number of halogens is 1. The zero-order valence-corrected chi connectivity index (χ0v) is 24.4. The van der Waals surface area contributed by atoms with E-state index in [0.717, 1.165) is 22.6 Å². The van der Waals surface area contributed by atoms with Gasteiger partial charge in [-0.3, -0.25) is 14.5 Å². The minimum absolute atomic E-state index is 0.00897. The lowest BCUT2D eigenvalue weighted by molar-refractivity contribution is -0.132. The number of amides is 1. The number of carbonyl (C=O) groups excluding carboxylic acids is 2. The number of carbonyl (C=O) groups is 2. The van der Waals surface area contributed by atoms with Crippen molar-refractivity contribution in [3.63, 3.8) is 0 Å². The van der Waals surface area contributed by atoms with E-state index in [9.17, 15) is 19.1 Å². The molecule has 0 aliphatic carbocycles. The summed E-state index contributed by atoms with van der Waals surface area (Å²) >= 11 is 2.40. The van der Waals surface area contributed by atoms with Crippen LogP contribution in [-0.2, 0) is 21.8 Å². The van der Waals surface area contributed by atoms with Crippen molar-refractivity contribution in [1.82, 2.24) is 10.2 Å². The first-order valence-electron chi connectivity index (χ1n) is 13.4. The lowest BCUT2D eigenvalue weighted by atomic mass is 9.94. The highest BCUT2D eigenvalue weighted by atomic mass is 32.2. The third kappa shape index (κ3) is 5.25. The third-order valence-corrected chi connectivity index (χ3v) is 9.14. The fourth-order valence-corrected chi connectivity index (χ4v) is 6.95. The van der Waals surface area contributed by atoms with E-state index >= 15 is 0 Å². The van der Waals surface area contributed by atoms with Crippen molar-refractivity contribution in [1.29, 1.82) is 0 Å². The van der Waals surface area contributed by atoms with Crippen LogP contribution in [0.4, 0.5) is 9.52 Å². The van der Waals surface area contributed by atoms with Gasteiger partial charge in [0.05, 0.1) is 18.2 Å². The number of hydrogen-bond donors (Lipinski definition) is 1. The Bertz CT molecular complexity index is 1700. The van der Waals surface area contributed by atoms with E-state index in [1.165, 1.54) is 22.7 Å². The van der Waals surface area contributed by atoms with E-state index in [1.807, 2.05) is 13.8 Å². The number of thioether (sulfide) groups is 1. The zero-order chi connectivity index (χ0) is 29.4. The summed E-state index contributed by atoms with van der Waals surface area (Å²) in [6.45, 7) is 4.32. The molecule has 214 valence electrons. The summed E-state index contributed by atoms with van der Waals surface area (Å²) in [5.74, 6) is -0.560. The molecule has 0 spiro atoms. The van der Waals surface area contributed by atoms with Crippen molar-refractivity contribution < 1.29 is 28.6 Å². The molecule has 1 saturated heterocycles. The average molecular weight is 604 g/mol. The van der Waals surface area contributed by atoms with Crippen LogP contribution in [0, 0.1) is 5.82 Å². The molecule has 1 aromatic heterocycles. The topological polar surface area (TPSA) is 102 Å². The minimum atomic E-state index is -0.957. The maximum Gasteiger partial charge on any atom is 0.301 e. The third-order valence-electron chi connectivity index (χ3n) is 7.03. The second-order valence-electron chi connectivity index (χ2n) is 9.86. The highest BCUT2D eigenvalue weighted by Crippen LogP contribution is 2.45. The minimum Gasteiger partial charge on any atom is -0.507 e. The predicted octanol–water partition coefficient (Wildman–Crippen LogP) is 6.32. The van der Waals surface area contributed by atoms with Crippen LogP contribution in [0.1, 0.15) is 42.1 Å². The maximum atomic E-state index is 14.1. The van der Waals surface area contributed by atoms with Crippen molar-refractivity contribution in [2.75, 3.05) is 11.5 Å². The second kappa shape index (κ2) is 11.6.